The summed E-state index contributed by atoms with van der Waals surface area (Å²) in [6.45, 7) is 4.55. The molecule has 1 aliphatic heterocycles. The molecule has 0 saturated carbocycles. The number of aliphatic carboxylic acids is 2. The fourth-order valence-corrected chi connectivity index (χ4v) is 3.33. The van der Waals surface area contributed by atoms with Crippen molar-refractivity contribution in [1.82, 2.24) is 9.88 Å². The van der Waals surface area contributed by atoms with Crippen molar-refractivity contribution in [1.29, 1.82) is 0 Å². The quantitative estimate of drug-likeness (QED) is 0.590. The summed E-state index contributed by atoms with van der Waals surface area (Å²) in [5.74, 6) is -1.43. The fourth-order valence-electron chi connectivity index (χ4n) is 3.33. The maximum Gasteiger partial charge on any atom is 0.414 e. The number of piperidine rings is 1. The lowest BCUT2D eigenvalue weighted by Crippen LogP contribution is -2.34. The van der Waals surface area contributed by atoms with Crippen molar-refractivity contribution < 1.29 is 34.0 Å². The SMILES string of the molecule is COc1cc(COCC2CCN(Cc3ccccn3)CC2)cc(OC)c1.O=C(O)C(=O)O. The maximum absolute atomic E-state index is 9.10. The van der Waals surface area contributed by atoms with Gasteiger partial charge in [-0.05, 0) is 61.7 Å². The first kappa shape index (κ1) is 25.1. The van der Waals surface area contributed by atoms with E-state index in [-0.39, 0.29) is 0 Å². The third-order valence-corrected chi connectivity index (χ3v) is 5.04. The van der Waals surface area contributed by atoms with Crippen LogP contribution in [0.4, 0.5) is 0 Å². The smallest absolute Gasteiger partial charge is 0.414 e. The largest absolute Gasteiger partial charge is 0.497 e. The van der Waals surface area contributed by atoms with Gasteiger partial charge in [0.05, 0.1) is 26.5 Å². The predicted octanol–water partition coefficient (Wildman–Crippen LogP) is 2.68. The Bertz CT molecular complexity index is 818. The van der Waals surface area contributed by atoms with E-state index in [4.69, 9.17) is 34.0 Å². The second kappa shape index (κ2) is 13.3. The second-order valence-corrected chi connectivity index (χ2v) is 7.39. The van der Waals surface area contributed by atoms with Gasteiger partial charge in [0.2, 0.25) is 0 Å². The molecule has 32 heavy (non-hydrogen) atoms. The van der Waals surface area contributed by atoms with Gasteiger partial charge in [0.25, 0.3) is 0 Å². The highest BCUT2D eigenvalue weighted by molar-refractivity contribution is 6.27. The van der Waals surface area contributed by atoms with Crippen molar-refractivity contribution in [2.75, 3.05) is 33.9 Å². The van der Waals surface area contributed by atoms with Crippen LogP contribution >= 0.6 is 0 Å². The third kappa shape index (κ3) is 8.91. The van der Waals surface area contributed by atoms with E-state index in [0.717, 1.165) is 49.0 Å². The van der Waals surface area contributed by atoms with E-state index in [2.05, 4.69) is 22.0 Å². The fraction of sp³-hybridized carbons (Fsp3) is 0.435. The molecule has 0 radical (unpaired) electrons. The van der Waals surface area contributed by atoms with Crippen LogP contribution in [-0.2, 0) is 27.5 Å². The molecule has 1 aromatic carbocycles. The zero-order valence-electron chi connectivity index (χ0n) is 18.4. The Morgan fingerprint density at radius 2 is 1.66 bits per heavy atom. The third-order valence-electron chi connectivity index (χ3n) is 5.04. The van der Waals surface area contributed by atoms with Crippen LogP contribution in [0, 0.1) is 5.92 Å². The van der Waals surface area contributed by atoms with Crippen LogP contribution < -0.4 is 9.47 Å². The topological polar surface area (TPSA) is 118 Å². The lowest BCUT2D eigenvalue weighted by molar-refractivity contribution is -0.159. The molecular formula is C23H30N2O7. The lowest BCUT2D eigenvalue weighted by atomic mass is 9.97. The first-order chi connectivity index (χ1) is 15.4. The molecule has 2 heterocycles. The molecule has 0 unspecified atom stereocenters. The molecule has 2 aromatic rings. The van der Waals surface area contributed by atoms with Crippen molar-refractivity contribution in [3.8, 4) is 11.5 Å². The summed E-state index contributed by atoms with van der Waals surface area (Å²) in [5.41, 5.74) is 2.22. The van der Waals surface area contributed by atoms with Crippen molar-refractivity contribution in [2.24, 2.45) is 5.92 Å². The number of methoxy groups -OCH3 is 2. The Kier molecular flexibility index (Phi) is 10.4. The van der Waals surface area contributed by atoms with Crippen LogP contribution in [0.15, 0.2) is 42.6 Å². The number of nitrogens with zero attached hydrogens (tertiary/aromatic N) is 2. The van der Waals surface area contributed by atoms with Gasteiger partial charge in [0.15, 0.2) is 0 Å². The van der Waals surface area contributed by atoms with Gasteiger partial charge in [0, 0.05) is 25.4 Å². The van der Waals surface area contributed by atoms with Crippen molar-refractivity contribution in [2.45, 2.75) is 26.0 Å². The molecule has 174 valence electrons. The van der Waals surface area contributed by atoms with E-state index in [0.29, 0.717) is 12.5 Å². The highest BCUT2D eigenvalue weighted by atomic mass is 16.5. The van der Waals surface area contributed by atoms with Crippen LogP contribution in [0.5, 0.6) is 11.5 Å². The Labute approximate surface area is 187 Å². The van der Waals surface area contributed by atoms with Gasteiger partial charge in [0.1, 0.15) is 11.5 Å². The number of carbonyl (C=O) groups is 2. The normalized spacial score (nSPS) is 14.2. The van der Waals surface area contributed by atoms with Crippen LogP contribution in [0.1, 0.15) is 24.1 Å². The molecule has 0 aliphatic carbocycles. The highest BCUT2D eigenvalue weighted by Crippen LogP contribution is 2.24. The summed E-state index contributed by atoms with van der Waals surface area (Å²) >= 11 is 0. The molecule has 1 saturated heterocycles. The molecule has 1 fully saturated rings. The van der Waals surface area contributed by atoms with Crippen LogP contribution in [0.25, 0.3) is 0 Å². The predicted molar refractivity (Wildman–Crippen MR) is 117 cm³/mol. The molecule has 0 atom stereocenters. The number of likely N-dealkylation sites (tertiary alicyclic amines) is 1. The van der Waals surface area contributed by atoms with E-state index in [1.165, 1.54) is 12.8 Å². The molecule has 9 heteroatoms. The van der Waals surface area contributed by atoms with Crippen molar-refractivity contribution >= 4 is 11.9 Å². The van der Waals surface area contributed by atoms with E-state index >= 15 is 0 Å². The number of pyridine rings is 1. The van der Waals surface area contributed by atoms with E-state index in [1.54, 1.807) is 14.2 Å². The average molecular weight is 447 g/mol. The monoisotopic (exact) mass is 446 g/mol. The van der Waals surface area contributed by atoms with Gasteiger partial charge < -0.3 is 24.4 Å². The number of carboxylic acids is 2. The standard InChI is InChI=1S/C21H28N2O3.C2H2O4/c1-24-20-11-18(12-21(13-20)25-2)16-26-15-17-6-9-23(10-7-17)14-19-5-3-4-8-22-19;3-1(4)2(5)6/h3-5,8,11-13,17H,6-7,9-10,14-16H2,1-2H3;(H,3,4)(H,5,6). The molecule has 1 aromatic heterocycles. The van der Waals surface area contributed by atoms with Gasteiger partial charge in [-0.15, -0.1) is 0 Å². The van der Waals surface area contributed by atoms with Gasteiger partial charge >= 0.3 is 11.9 Å². The molecule has 3 rings (SSSR count). The van der Waals surface area contributed by atoms with E-state index < -0.39 is 11.9 Å². The summed E-state index contributed by atoms with van der Waals surface area (Å²) < 4.78 is 16.6. The zero-order valence-corrected chi connectivity index (χ0v) is 18.4. The minimum absolute atomic E-state index is 0.585. The van der Waals surface area contributed by atoms with Gasteiger partial charge in [-0.1, -0.05) is 6.07 Å². The molecule has 0 spiro atoms. The number of rotatable bonds is 8. The number of hydrogen-bond acceptors (Lipinski definition) is 7. The van der Waals surface area contributed by atoms with E-state index in [9.17, 15) is 0 Å². The maximum atomic E-state index is 9.10. The summed E-state index contributed by atoms with van der Waals surface area (Å²) in [6, 6.07) is 12.0. The Morgan fingerprint density at radius 1 is 1.03 bits per heavy atom. The molecule has 1 aliphatic rings. The summed E-state index contributed by atoms with van der Waals surface area (Å²) in [6.07, 6.45) is 4.21. The number of carboxylic acid groups (broad SMARTS) is 2. The summed E-state index contributed by atoms with van der Waals surface area (Å²) in [7, 11) is 3.33. The highest BCUT2D eigenvalue weighted by Gasteiger charge is 2.19. The van der Waals surface area contributed by atoms with Gasteiger partial charge in [-0.3, -0.25) is 9.88 Å². The number of ether oxygens (including phenoxy) is 3. The molecule has 2 N–H and O–H groups in total. The van der Waals surface area contributed by atoms with Crippen LogP contribution in [0.3, 0.4) is 0 Å². The lowest BCUT2D eigenvalue weighted by Gasteiger charge is -2.31. The average Bonchev–Trinajstić information content (AvgIpc) is 2.81. The van der Waals surface area contributed by atoms with Crippen molar-refractivity contribution in [3.05, 3.63) is 53.9 Å². The number of aromatic nitrogens is 1. The minimum atomic E-state index is -1.82. The van der Waals surface area contributed by atoms with E-state index in [1.807, 2.05) is 30.5 Å². The number of hydrogen-bond donors (Lipinski definition) is 2. The summed E-state index contributed by atoms with van der Waals surface area (Å²) in [5, 5.41) is 14.8. The first-order valence-corrected chi connectivity index (χ1v) is 10.3. The van der Waals surface area contributed by atoms with Crippen molar-refractivity contribution in [3.63, 3.8) is 0 Å². The van der Waals surface area contributed by atoms with Crippen LogP contribution in [0.2, 0.25) is 0 Å². The first-order valence-electron chi connectivity index (χ1n) is 10.3. The molecule has 0 bridgehead atoms. The summed E-state index contributed by atoms with van der Waals surface area (Å²) in [4.78, 5) is 25.1. The Morgan fingerprint density at radius 3 is 2.16 bits per heavy atom. The second-order valence-electron chi connectivity index (χ2n) is 7.39. The minimum Gasteiger partial charge on any atom is -0.497 e. The zero-order chi connectivity index (χ0) is 23.3. The Hall–Kier alpha value is -3.17. The van der Waals surface area contributed by atoms with Gasteiger partial charge in [-0.2, -0.15) is 0 Å². The molecular weight excluding hydrogens is 416 g/mol. The Balaban J connectivity index is 0.000000534. The van der Waals surface area contributed by atoms with Gasteiger partial charge in [-0.25, -0.2) is 9.59 Å². The molecule has 0 amide bonds. The number of benzene rings is 1. The molecule has 9 nitrogen and oxygen atoms in total. The van der Waals surface area contributed by atoms with Crippen LogP contribution in [-0.4, -0.2) is 66.0 Å².